The molecule has 0 spiro atoms. The van der Waals surface area contributed by atoms with Crippen LogP contribution in [0, 0.1) is 11.3 Å². The number of hydrogen-bond acceptors (Lipinski definition) is 3. The second-order valence-corrected chi connectivity index (χ2v) is 4.42. The van der Waals surface area contributed by atoms with E-state index in [9.17, 15) is 4.79 Å². The first kappa shape index (κ1) is 12.5. The van der Waals surface area contributed by atoms with Crippen molar-refractivity contribution in [2.75, 3.05) is 13.2 Å². The summed E-state index contributed by atoms with van der Waals surface area (Å²) in [4.78, 5) is 12.0. The van der Waals surface area contributed by atoms with E-state index in [1.807, 2.05) is 13.8 Å². The summed E-state index contributed by atoms with van der Waals surface area (Å²) in [5.74, 6) is 0.355. The molecule has 0 aromatic rings. The van der Waals surface area contributed by atoms with Crippen LogP contribution < -0.4 is 5.73 Å². The van der Waals surface area contributed by atoms with Crippen LogP contribution in [0.25, 0.3) is 0 Å². The van der Waals surface area contributed by atoms with Gasteiger partial charge in [0.2, 0.25) is 0 Å². The smallest absolute Gasteiger partial charge is 0.313 e. The molecule has 0 aromatic carbocycles. The van der Waals surface area contributed by atoms with E-state index < -0.39 is 5.41 Å². The number of hydrogen-bond donors (Lipinski definition) is 1. The summed E-state index contributed by atoms with van der Waals surface area (Å²) in [5, 5.41) is 0. The molecule has 88 valence electrons. The lowest BCUT2D eigenvalue weighted by Crippen LogP contribution is -2.44. The number of rotatable bonds is 5. The Labute approximate surface area is 92.4 Å². The Bertz CT molecular complexity index is 206. The van der Waals surface area contributed by atoms with Crippen molar-refractivity contribution in [1.82, 2.24) is 0 Å². The van der Waals surface area contributed by atoms with E-state index in [1.54, 1.807) is 0 Å². The van der Waals surface area contributed by atoms with E-state index in [0.29, 0.717) is 19.1 Å². The zero-order valence-corrected chi connectivity index (χ0v) is 9.92. The molecule has 0 saturated heterocycles. The van der Waals surface area contributed by atoms with Gasteiger partial charge in [-0.15, -0.1) is 0 Å². The van der Waals surface area contributed by atoms with Crippen LogP contribution in [0.5, 0.6) is 0 Å². The average Bonchev–Trinajstić information content (AvgIpc) is 2.75. The van der Waals surface area contributed by atoms with Crippen LogP contribution in [-0.2, 0) is 9.53 Å². The van der Waals surface area contributed by atoms with Gasteiger partial charge in [-0.3, -0.25) is 4.79 Å². The second kappa shape index (κ2) is 5.50. The lowest BCUT2D eigenvalue weighted by Gasteiger charge is -2.34. The Hall–Kier alpha value is -0.570. The van der Waals surface area contributed by atoms with E-state index in [-0.39, 0.29) is 5.97 Å². The average molecular weight is 213 g/mol. The first-order chi connectivity index (χ1) is 7.21. The first-order valence-electron chi connectivity index (χ1n) is 6.08. The van der Waals surface area contributed by atoms with Crippen LogP contribution in [0.1, 0.15) is 46.0 Å². The minimum atomic E-state index is -0.410. The highest BCUT2D eigenvalue weighted by Crippen LogP contribution is 2.42. The highest BCUT2D eigenvalue weighted by atomic mass is 16.5. The van der Waals surface area contributed by atoms with Crippen molar-refractivity contribution in [3.8, 4) is 0 Å². The SMILES string of the molecule is CCOC(=O)C(CC)(CN)C1CCCC1. The monoisotopic (exact) mass is 213 g/mol. The Kier molecular flexibility index (Phi) is 4.58. The standard InChI is InChI=1S/C12H23NO2/c1-3-12(9-13,11(14)15-4-2)10-7-5-6-8-10/h10H,3-9,13H2,1-2H3. The van der Waals surface area contributed by atoms with Crippen LogP contribution in [-0.4, -0.2) is 19.1 Å². The first-order valence-corrected chi connectivity index (χ1v) is 6.08. The third kappa shape index (κ3) is 2.33. The number of esters is 1. The van der Waals surface area contributed by atoms with Gasteiger partial charge in [-0.1, -0.05) is 19.8 Å². The summed E-state index contributed by atoms with van der Waals surface area (Å²) in [5.41, 5.74) is 5.42. The van der Waals surface area contributed by atoms with Gasteiger partial charge in [-0.25, -0.2) is 0 Å². The van der Waals surface area contributed by atoms with Crippen molar-refractivity contribution >= 4 is 5.97 Å². The molecule has 1 saturated carbocycles. The minimum absolute atomic E-state index is 0.0816. The molecule has 3 heteroatoms. The minimum Gasteiger partial charge on any atom is -0.466 e. The number of carbonyl (C=O) groups is 1. The Morgan fingerprint density at radius 1 is 1.40 bits per heavy atom. The van der Waals surface area contributed by atoms with Crippen molar-refractivity contribution in [1.29, 1.82) is 0 Å². The maximum atomic E-state index is 12.0. The van der Waals surface area contributed by atoms with Crippen molar-refractivity contribution in [3.63, 3.8) is 0 Å². The molecule has 1 aliphatic rings. The summed E-state index contributed by atoms with van der Waals surface area (Å²) in [6.07, 6.45) is 5.51. The third-order valence-corrected chi connectivity index (χ3v) is 3.81. The molecule has 1 aliphatic carbocycles. The van der Waals surface area contributed by atoms with Gasteiger partial charge in [-0.2, -0.15) is 0 Å². The molecule has 1 atom stereocenters. The van der Waals surface area contributed by atoms with Crippen LogP contribution in [0.4, 0.5) is 0 Å². The molecule has 0 heterocycles. The lowest BCUT2D eigenvalue weighted by atomic mass is 9.72. The summed E-state index contributed by atoms with van der Waals surface area (Å²) >= 11 is 0. The number of nitrogens with two attached hydrogens (primary N) is 1. The van der Waals surface area contributed by atoms with E-state index in [2.05, 4.69) is 0 Å². The van der Waals surface area contributed by atoms with Gasteiger partial charge in [0, 0.05) is 6.54 Å². The molecule has 2 N–H and O–H groups in total. The van der Waals surface area contributed by atoms with Gasteiger partial charge in [0.05, 0.1) is 12.0 Å². The maximum absolute atomic E-state index is 12.0. The van der Waals surface area contributed by atoms with Gasteiger partial charge >= 0.3 is 5.97 Å². The molecule has 0 bridgehead atoms. The van der Waals surface area contributed by atoms with Crippen LogP contribution in [0.3, 0.4) is 0 Å². The molecule has 0 radical (unpaired) electrons. The quantitative estimate of drug-likeness (QED) is 0.711. The highest BCUT2D eigenvalue weighted by molar-refractivity contribution is 5.77. The van der Waals surface area contributed by atoms with Crippen LogP contribution in [0.2, 0.25) is 0 Å². The predicted octanol–water partition coefficient (Wildman–Crippen LogP) is 2.09. The van der Waals surface area contributed by atoms with Crippen molar-refractivity contribution in [3.05, 3.63) is 0 Å². The fraction of sp³-hybridized carbons (Fsp3) is 0.917. The van der Waals surface area contributed by atoms with Gasteiger partial charge < -0.3 is 10.5 Å². The second-order valence-electron chi connectivity index (χ2n) is 4.42. The molecule has 0 aliphatic heterocycles. The maximum Gasteiger partial charge on any atom is 0.313 e. The highest BCUT2D eigenvalue weighted by Gasteiger charge is 2.45. The summed E-state index contributed by atoms with van der Waals surface area (Å²) in [6, 6.07) is 0. The van der Waals surface area contributed by atoms with Gasteiger partial charge in [0.1, 0.15) is 0 Å². The van der Waals surface area contributed by atoms with Crippen LogP contribution >= 0.6 is 0 Å². The Morgan fingerprint density at radius 2 is 2.00 bits per heavy atom. The van der Waals surface area contributed by atoms with Gasteiger partial charge in [0.25, 0.3) is 0 Å². The molecule has 1 fully saturated rings. The van der Waals surface area contributed by atoms with Crippen molar-refractivity contribution < 1.29 is 9.53 Å². The molecular formula is C12H23NO2. The van der Waals surface area contributed by atoms with Crippen molar-refractivity contribution in [2.45, 2.75) is 46.0 Å². The normalized spacial score (nSPS) is 21.3. The number of ether oxygens (including phenoxy) is 1. The van der Waals surface area contributed by atoms with Crippen molar-refractivity contribution in [2.24, 2.45) is 17.1 Å². The van der Waals surface area contributed by atoms with Gasteiger partial charge in [0.15, 0.2) is 0 Å². The molecule has 3 nitrogen and oxygen atoms in total. The fourth-order valence-corrected chi connectivity index (χ4v) is 2.75. The van der Waals surface area contributed by atoms with Crippen LogP contribution in [0.15, 0.2) is 0 Å². The molecular weight excluding hydrogens is 190 g/mol. The van der Waals surface area contributed by atoms with E-state index >= 15 is 0 Å². The summed E-state index contributed by atoms with van der Waals surface area (Å²) in [7, 11) is 0. The molecule has 1 rings (SSSR count). The molecule has 15 heavy (non-hydrogen) atoms. The predicted molar refractivity (Wildman–Crippen MR) is 60.4 cm³/mol. The van der Waals surface area contributed by atoms with E-state index in [4.69, 9.17) is 10.5 Å². The summed E-state index contributed by atoms with van der Waals surface area (Å²) in [6.45, 7) is 4.77. The van der Waals surface area contributed by atoms with E-state index in [0.717, 1.165) is 19.3 Å². The van der Waals surface area contributed by atoms with Gasteiger partial charge in [-0.05, 0) is 32.1 Å². The largest absolute Gasteiger partial charge is 0.466 e. The lowest BCUT2D eigenvalue weighted by molar-refractivity contribution is -0.158. The zero-order chi connectivity index (χ0) is 11.3. The Morgan fingerprint density at radius 3 is 2.40 bits per heavy atom. The van der Waals surface area contributed by atoms with E-state index in [1.165, 1.54) is 12.8 Å². The molecule has 0 aromatic heterocycles. The molecule has 1 unspecified atom stereocenters. The summed E-state index contributed by atoms with van der Waals surface area (Å²) < 4.78 is 5.18. The fourth-order valence-electron chi connectivity index (χ4n) is 2.75. The number of carbonyl (C=O) groups excluding carboxylic acids is 1. The Balaban J connectivity index is 2.79. The topological polar surface area (TPSA) is 52.3 Å². The zero-order valence-electron chi connectivity index (χ0n) is 9.92. The third-order valence-electron chi connectivity index (χ3n) is 3.81. The molecule has 0 amide bonds.